The van der Waals surface area contributed by atoms with Gasteiger partial charge >= 0.3 is 5.92 Å². The van der Waals surface area contributed by atoms with Gasteiger partial charge in [-0.25, -0.2) is 10.2 Å². The number of carbonyl (C=O) groups is 1. The Labute approximate surface area is 208 Å². The Kier molecular flexibility index (Phi) is 8.55. The second-order valence-electron chi connectivity index (χ2n) is 8.16. The van der Waals surface area contributed by atoms with Gasteiger partial charge in [0.1, 0.15) is 0 Å². The molecule has 0 bridgehead atoms. The first kappa shape index (κ1) is 26.6. The monoisotopic (exact) mass is 498 g/mol. The first-order chi connectivity index (χ1) is 17.2. The quantitative estimate of drug-likeness (QED) is 0.283. The Morgan fingerprint density at radius 1 is 1.25 bits per heavy atom. The molecular weight excluding hydrogens is 469 g/mol. The van der Waals surface area contributed by atoms with E-state index in [-0.39, 0.29) is 16.9 Å². The normalized spacial score (nSPS) is 13.7. The average Bonchev–Trinajstić information content (AvgIpc) is 3.15. The molecule has 1 aliphatic rings. The number of aliphatic imine (C=N–C) groups is 1. The molecule has 0 spiro atoms. The molecule has 1 amide bonds. The molecule has 190 valence electrons. The molecule has 0 aromatic heterocycles. The molecule has 2 aromatic rings. The van der Waals surface area contributed by atoms with Gasteiger partial charge in [0.2, 0.25) is 0 Å². The number of nitrogens with two attached hydrogens (primary N) is 2. The smallest absolute Gasteiger partial charge is 0.303 e. The van der Waals surface area contributed by atoms with Crippen LogP contribution < -0.4 is 27.2 Å². The van der Waals surface area contributed by atoms with Crippen molar-refractivity contribution in [2.24, 2.45) is 16.6 Å². The SMILES string of the molecule is CCNc1ccc(NC(=O)c2ccc(C)c(N(N)/C=C(\N)C3=CN=CC=CC3)c2)cc1C(F)(F)CF. The Morgan fingerprint density at radius 3 is 2.75 bits per heavy atom. The number of carbonyl (C=O) groups excluding carboxylic acids is 1. The van der Waals surface area contributed by atoms with E-state index in [4.69, 9.17) is 11.6 Å². The molecular formula is C26H29F3N6O. The second-order valence-corrected chi connectivity index (χ2v) is 8.16. The van der Waals surface area contributed by atoms with Crippen LogP contribution in [0, 0.1) is 6.92 Å². The Hall–Kier alpha value is -4.05. The van der Waals surface area contributed by atoms with Crippen LogP contribution in [0.1, 0.15) is 34.8 Å². The molecule has 1 aliphatic heterocycles. The fraction of sp³-hybridized carbons (Fsp3) is 0.231. The van der Waals surface area contributed by atoms with Crippen LogP contribution >= 0.6 is 0 Å². The van der Waals surface area contributed by atoms with E-state index in [1.807, 2.05) is 19.1 Å². The molecule has 3 rings (SSSR count). The summed E-state index contributed by atoms with van der Waals surface area (Å²) >= 11 is 0. The number of hydrazine groups is 1. The first-order valence-electron chi connectivity index (χ1n) is 11.3. The minimum absolute atomic E-state index is 0.101. The third kappa shape index (κ3) is 6.33. The molecule has 0 fully saturated rings. The second kappa shape index (κ2) is 11.6. The molecule has 1 heterocycles. The molecule has 0 atom stereocenters. The van der Waals surface area contributed by atoms with E-state index in [1.54, 1.807) is 37.5 Å². The van der Waals surface area contributed by atoms with Crippen molar-refractivity contribution in [2.75, 3.05) is 28.9 Å². The highest BCUT2D eigenvalue weighted by Crippen LogP contribution is 2.36. The lowest BCUT2D eigenvalue weighted by Crippen LogP contribution is -2.27. The number of allylic oxidation sites excluding steroid dienone is 3. The lowest BCUT2D eigenvalue weighted by molar-refractivity contribution is -0.0273. The van der Waals surface area contributed by atoms with Crippen LogP contribution in [0.2, 0.25) is 0 Å². The van der Waals surface area contributed by atoms with Crippen LogP contribution in [-0.2, 0) is 5.92 Å². The number of hydrogen-bond acceptors (Lipinski definition) is 6. The van der Waals surface area contributed by atoms with Gasteiger partial charge in [0.15, 0.2) is 6.67 Å². The molecule has 10 heteroatoms. The maximum atomic E-state index is 14.2. The van der Waals surface area contributed by atoms with Crippen LogP contribution in [-0.4, -0.2) is 25.3 Å². The van der Waals surface area contributed by atoms with Crippen molar-refractivity contribution in [3.8, 4) is 0 Å². The van der Waals surface area contributed by atoms with Crippen molar-refractivity contribution < 1.29 is 18.0 Å². The molecule has 0 unspecified atom stereocenters. The van der Waals surface area contributed by atoms with E-state index in [0.29, 0.717) is 24.4 Å². The standard InChI is InChI=1S/C26H29F3N6O/c1-3-33-23-10-9-20(13-21(23)26(28,29)16-27)34-25(36)18-8-7-17(2)24(12-18)35(31)15-22(30)19-6-4-5-11-32-14-19/h4-5,7-15,33H,3,6,16,30-31H2,1-2H3,(H,34,36)/b22-15-. The minimum atomic E-state index is -3.70. The number of nitrogens with zero attached hydrogens (tertiary/aromatic N) is 2. The Bertz CT molecular complexity index is 1240. The van der Waals surface area contributed by atoms with Gasteiger partial charge in [-0.1, -0.05) is 12.1 Å². The Morgan fingerprint density at radius 2 is 2.03 bits per heavy atom. The number of rotatable bonds is 9. The maximum absolute atomic E-state index is 14.2. The number of anilines is 3. The van der Waals surface area contributed by atoms with Crippen LogP contribution in [0.3, 0.4) is 0 Å². The van der Waals surface area contributed by atoms with Gasteiger partial charge in [0, 0.05) is 47.7 Å². The molecule has 0 aliphatic carbocycles. The van der Waals surface area contributed by atoms with Crippen molar-refractivity contribution in [1.82, 2.24) is 0 Å². The number of alkyl halides is 3. The topological polar surface area (TPSA) is 109 Å². The third-order valence-corrected chi connectivity index (χ3v) is 5.48. The van der Waals surface area contributed by atoms with Crippen LogP contribution in [0.25, 0.3) is 0 Å². The van der Waals surface area contributed by atoms with Crippen LogP contribution in [0.4, 0.5) is 30.2 Å². The van der Waals surface area contributed by atoms with E-state index < -0.39 is 24.1 Å². The van der Waals surface area contributed by atoms with Crippen LogP contribution in [0.15, 0.2) is 77.2 Å². The van der Waals surface area contributed by atoms with Crippen molar-refractivity contribution in [3.63, 3.8) is 0 Å². The minimum Gasteiger partial charge on any atom is -0.397 e. The van der Waals surface area contributed by atoms with E-state index in [9.17, 15) is 18.0 Å². The fourth-order valence-corrected chi connectivity index (χ4v) is 3.56. The van der Waals surface area contributed by atoms with E-state index in [2.05, 4.69) is 15.6 Å². The number of nitrogens with one attached hydrogen (secondary N) is 2. The van der Waals surface area contributed by atoms with E-state index >= 15 is 0 Å². The molecule has 0 radical (unpaired) electrons. The number of benzene rings is 2. The van der Waals surface area contributed by atoms with Gasteiger partial charge in [-0.05, 0) is 67.8 Å². The average molecular weight is 499 g/mol. The lowest BCUT2D eigenvalue weighted by Gasteiger charge is -2.20. The molecule has 0 saturated heterocycles. The largest absolute Gasteiger partial charge is 0.397 e. The summed E-state index contributed by atoms with van der Waals surface area (Å²) in [5, 5.41) is 6.69. The third-order valence-electron chi connectivity index (χ3n) is 5.48. The summed E-state index contributed by atoms with van der Waals surface area (Å²) < 4.78 is 41.4. The van der Waals surface area contributed by atoms with Gasteiger partial charge in [0.05, 0.1) is 11.4 Å². The Balaban J connectivity index is 1.84. The van der Waals surface area contributed by atoms with Crippen molar-refractivity contribution in [3.05, 3.63) is 88.9 Å². The summed E-state index contributed by atoms with van der Waals surface area (Å²) in [4.78, 5) is 17.0. The molecule has 0 saturated carbocycles. The molecule has 6 N–H and O–H groups in total. The maximum Gasteiger partial charge on any atom is 0.303 e. The number of hydrogen-bond donors (Lipinski definition) is 4. The van der Waals surface area contributed by atoms with Gasteiger partial charge in [-0.2, -0.15) is 8.78 Å². The summed E-state index contributed by atoms with van der Waals surface area (Å²) in [6, 6.07) is 8.79. The summed E-state index contributed by atoms with van der Waals surface area (Å²) in [6.07, 6.45) is 9.17. The zero-order valence-electron chi connectivity index (χ0n) is 20.1. The predicted octanol–water partition coefficient (Wildman–Crippen LogP) is 5.14. The molecule has 7 nitrogen and oxygen atoms in total. The fourth-order valence-electron chi connectivity index (χ4n) is 3.56. The zero-order valence-corrected chi connectivity index (χ0v) is 20.1. The summed E-state index contributed by atoms with van der Waals surface area (Å²) in [5.41, 5.74) is 8.61. The predicted molar refractivity (Wildman–Crippen MR) is 139 cm³/mol. The van der Waals surface area contributed by atoms with E-state index in [0.717, 1.165) is 17.2 Å². The van der Waals surface area contributed by atoms with Crippen molar-refractivity contribution >= 4 is 29.2 Å². The summed E-state index contributed by atoms with van der Waals surface area (Å²) in [5.74, 6) is 1.99. The highest BCUT2D eigenvalue weighted by molar-refractivity contribution is 6.05. The first-order valence-corrected chi connectivity index (χ1v) is 11.3. The number of halogens is 3. The summed E-state index contributed by atoms with van der Waals surface area (Å²) in [7, 11) is 0. The van der Waals surface area contributed by atoms with E-state index in [1.165, 1.54) is 23.3 Å². The lowest BCUT2D eigenvalue weighted by atomic mass is 10.0. The molecule has 36 heavy (non-hydrogen) atoms. The molecule has 2 aromatic carbocycles. The number of amides is 1. The summed E-state index contributed by atoms with van der Waals surface area (Å²) in [6.45, 7) is 2.09. The van der Waals surface area contributed by atoms with Crippen molar-refractivity contribution in [2.45, 2.75) is 26.2 Å². The van der Waals surface area contributed by atoms with Gasteiger partial charge in [-0.3, -0.25) is 14.8 Å². The highest BCUT2D eigenvalue weighted by Gasteiger charge is 2.34. The highest BCUT2D eigenvalue weighted by atomic mass is 19.3. The zero-order chi connectivity index (χ0) is 26.3. The van der Waals surface area contributed by atoms with Crippen LogP contribution in [0.5, 0.6) is 0 Å². The number of aryl methyl sites for hydroxylation is 1. The van der Waals surface area contributed by atoms with Gasteiger partial charge in [0.25, 0.3) is 5.91 Å². The van der Waals surface area contributed by atoms with Crippen molar-refractivity contribution in [1.29, 1.82) is 0 Å². The van der Waals surface area contributed by atoms with Gasteiger partial charge in [-0.15, -0.1) is 0 Å². The van der Waals surface area contributed by atoms with Gasteiger partial charge < -0.3 is 16.4 Å².